The van der Waals surface area contributed by atoms with Gasteiger partial charge in [0.05, 0.1) is 5.75 Å². The Morgan fingerprint density at radius 3 is 2.67 bits per heavy atom. The van der Waals surface area contributed by atoms with Gasteiger partial charge in [-0.2, -0.15) is 0 Å². The fourth-order valence-corrected chi connectivity index (χ4v) is 3.26. The van der Waals surface area contributed by atoms with E-state index in [2.05, 4.69) is 35.1 Å². The van der Waals surface area contributed by atoms with Crippen molar-refractivity contribution in [2.24, 2.45) is 5.92 Å². The van der Waals surface area contributed by atoms with Gasteiger partial charge >= 0.3 is 0 Å². The van der Waals surface area contributed by atoms with E-state index in [4.69, 9.17) is 9.47 Å². The SMILES string of the molecule is CC(C)[C@@H](C)NC(=O)CSCc1cc2c(cc1Br)OCO2. The largest absolute Gasteiger partial charge is 0.454 e. The van der Waals surface area contributed by atoms with Crippen molar-refractivity contribution >= 4 is 33.6 Å². The minimum Gasteiger partial charge on any atom is -0.454 e. The van der Waals surface area contributed by atoms with Gasteiger partial charge in [0.2, 0.25) is 12.7 Å². The second-order valence-electron chi connectivity index (χ2n) is 5.39. The van der Waals surface area contributed by atoms with Gasteiger partial charge in [0.1, 0.15) is 0 Å². The molecule has 0 aromatic heterocycles. The van der Waals surface area contributed by atoms with E-state index in [1.165, 1.54) is 0 Å². The van der Waals surface area contributed by atoms with Gasteiger partial charge in [-0.05, 0) is 30.5 Å². The smallest absolute Gasteiger partial charge is 0.231 e. The molecular weight excluding hydrogens is 354 g/mol. The van der Waals surface area contributed by atoms with Crippen LogP contribution in [0.3, 0.4) is 0 Å². The van der Waals surface area contributed by atoms with Gasteiger partial charge in [-0.25, -0.2) is 0 Å². The number of thioether (sulfide) groups is 1. The van der Waals surface area contributed by atoms with E-state index in [0.717, 1.165) is 27.3 Å². The normalized spacial score (nSPS) is 14.3. The minimum absolute atomic E-state index is 0.0815. The molecule has 0 fully saturated rings. The summed E-state index contributed by atoms with van der Waals surface area (Å²) in [6, 6.07) is 4.09. The Bertz CT molecular complexity index is 522. The number of rotatable bonds is 6. The lowest BCUT2D eigenvalue weighted by atomic mass is 10.1. The molecule has 1 atom stereocenters. The maximum atomic E-state index is 11.8. The topological polar surface area (TPSA) is 47.6 Å². The zero-order valence-electron chi connectivity index (χ0n) is 12.4. The molecule has 1 aromatic rings. The summed E-state index contributed by atoms with van der Waals surface area (Å²) >= 11 is 5.12. The molecule has 0 radical (unpaired) electrons. The van der Waals surface area contributed by atoms with Crippen molar-refractivity contribution < 1.29 is 14.3 Å². The molecular formula is C15H20BrNO3S. The third-order valence-electron chi connectivity index (χ3n) is 3.42. The van der Waals surface area contributed by atoms with Crippen LogP contribution in [-0.4, -0.2) is 24.5 Å². The summed E-state index contributed by atoms with van der Waals surface area (Å²) in [6.07, 6.45) is 0. The highest BCUT2D eigenvalue weighted by Crippen LogP contribution is 2.38. The minimum atomic E-state index is 0.0815. The van der Waals surface area contributed by atoms with Crippen molar-refractivity contribution in [1.82, 2.24) is 5.32 Å². The van der Waals surface area contributed by atoms with Gasteiger partial charge in [-0.15, -0.1) is 11.8 Å². The molecule has 6 heteroatoms. The number of hydrogen-bond donors (Lipinski definition) is 1. The first-order valence-electron chi connectivity index (χ1n) is 6.92. The zero-order chi connectivity index (χ0) is 15.4. The van der Waals surface area contributed by atoms with Gasteiger partial charge in [0.25, 0.3) is 0 Å². The van der Waals surface area contributed by atoms with Crippen LogP contribution in [0.5, 0.6) is 11.5 Å². The average Bonchev–Trinajstić information content (AvgIpc) is 2.85. The van der Waals surface area contributed by atoms with Crippen LogP contribution in [0.1, 0.15) is 26.3 Å². The van der Waals surface area contributed by atoms with E-state index in [0.29, 0.717) is 11.7 Å². The van der Waals surface area contributed by atoms with E-state index in [1.54, 1.807) is 11.8 Å². The first-order chi connectivity index (χ1) is 9.97. The average molecular weight is 374 g/mol. The van der Waals surface area contributed by atoms with E-state index < -0.39 is 0 Å². The summed E-state index contributed by atoms with van der Waals surface area (Å²) < 4.78 is 11.7. The molecule has 4 nitrogen and oxygen atoms in total. The molecule has 1 heterocycles. The van der Waals surface area contributed by atoms with Crippen LogP contribution in [0.25, 0.3) is 0 Å². The lowest BCUT2D eigenvalue weighted by molar-refractivity contribution is -0.119. The van der Waals surface area contributed by atoms with Gasteiger partial charge in [-0.3, -0.25) is 4.79 Å². The van der Waals surface area contributed by atoms with Crippen molar-refractivity contribution in [3.8, 4) is 11.5 Å². The summed E-state index contributed by atoms with van der Waals surface area (Å²) in [4.78, 5) is 11.8. The number of amides is 1. The first-order valence-corrected chi connectivity index (χ1v) is 8.87. The van der Waals surface area contributed by atoms with Crippen LogP contribution in [0, 0.1) is 5.92 Å². The number of ether oxygens (including phenoxy) is 2. The maximum Gasteiger partial charge on any atom is 0.231 e. The molecule has 21 heavy (non-hydrogen) atoms. The Balaban J connectivity index is 1.82. The molecule has 0 unspecified atom stereocenters. The molecule has 0 saturated heterocycles. The lowest BCUT2D eigenvalue weighted by Crippen LogP contribution is -2.37. The fourth-order valence-electron chi connectivity index (χ4n) is 1.79. The number of halogens is 1. The molecule has 0 bridgehead atoms. The summed E-state index contributed by atoms with van der Waals surface area (Å²) in [5.74, 6) is 3.27. The Kier molecular flexibility index (Phi) is 5.81. The van der Waals surface area contributed by atoms with Gasteiger partial charge in [0, 0.05) is 16.3 Å². The number of hydrogen-bond acceptors (Lipinski definition) is 4. The maximum absolute atomic E-state index is 11.8. The standard InChI is InChI=1S/C15H20BrNO3S/c1-9(2)10(3)17-15(18)7-21-6-11-4-13-14(5-12(11)16)20-8-19-13/h4-5,9-10H,6-8H2,1-3H3,(H,17,18)/t10-/m1/s1. The van der Waals surface area contributed by atoms with Crippen molar-refractivity contribution in [2.45, 2.75) is 32.6 Å². The van der Waals surface area contributed by atoms with E-state index in [9.17, 15) is 4.79 Å². The van der Waals surface area contributed by atoms with E-state index in [1.807, 2.05) is 19.1 Å². The van der Waals surface area contributed by atoms with Crippen LogP contribution in [-0.2, 0) is 10.5 Å². The number of carbonyl (C=O) groups is 1. The molecule has 1 aliphatic heterocycles. The van der Waals surface area contributed by atoms with Gasteiger partial charge in [0.15, 0.2) is 11.5 Å². The Hall–Kier alpha value is -0.880. The quantitative estimate of drug-likeness (QED) is 0.827. The third-order valence-corrected chi connectivity index (χ3v) is 5.14. The molecule has 1 amide bonds. The van der Waals surface area contributed by atoms with Crippen LogP contribution in [0.15, 0.2) is 16.6 Å². The molecule has 1 N–H and O–H groups in total. The number of benzene rings is 1. The second kappa shape index (κ2) is 7.40. The van der Waals surface area contributed by atoms with Crippen molar-refractivity contribution in [3.05, 3.63) is 22.2 Å². The number of carbonyl (C=O) groups excluding carboxylic acids is 1. The van der Waals surface area contributed by atoms with Crippen molar-refractivity contribution in [1.29, 1.82) is 0 Å². The summed E-state index contributed by atoms with van der Waals surface area (Å²) in [5.41, 5.74) is 1.11. The van der Waals surface area contributed by atoms with Crippen LogP contribution >= 0.6 is 27.7 Å². The molecule has 2 rings (SSSR count). The van der Waals surface area contributed by atoms with Crippen molar-refractivity contribution in [2.75, 3.05) is 12.5 Å². The monoisotopic (exact) mass is 373 g/mol. The first kappa shape index (κ1) is 16.5. The Morgan fingerprint density at radius 2 is 2.00 bits per heavy atom. The molecule has 1 aromatic carbocycles. The molecule has 0 saturated carbocycles. The highest BCUT2D eigenvalue weighted by atomic mass is 79.9. The molecule has 116 valence electrons. The Labute approximate surface area is 138 Å². The summed E-state index contributed by atoms with van der Waals surface area (Å²) in [6.45, 7) is 6.50. The predicted octanol–water partition coefficient (Wildman–Crippen LogP) is 3.57. The van der Waals surface area contributed by atoms with Crippen LogP contribution < -0.4 is 14.8 Å². The second-order valence-corrected chi connectivity index (χ2v) is 7.23. The van der Waals surface area contributed by atoms with E-state index >= 15 is 0 Å². The number of nitrogens with one attached hydrogen (secondary N) is 1. The molecule has 0 aliphatic carbocycles. The highest BCUT2D eigenvalue weighted by Gasteiger charge is 2.16. The van der Waals surface area contributed by atoms with Crippen LogP contribution in [0.4, 0.5) is 0 Å². The summed E-state index contributed by atoms with van der Waals surface area (Å²) in [7, 11) is 0. The fraction of sp³-hybridized carbons (Fsp3) is 0.533. The highest BCUT2D eigenvalue weighted by molar-refractivity contribution is 9.10. The molecule has 1 aliphatic rings. The van der Waals surface area contributed by atoms with Crippen molar-refractivity contribution in [3.63, 3.8) is 0 Å². The number of fused-ring (bicyclic) bond motifs is 1. The zero-order valence-corrected chi connectivity index (χ0v) is 14.8. The van der Waals surface area contributed by atoms with Gasteiger partial charge in [-0.1, -0.05) is 29.8 Å². The van der Waals surface area contributed by atoms with Gasteiger partial charge < -0.3 is 14.8 Å². The third kappa shape index (κ3) is 4.54. The van der Waals surface area contributed by atoms with Crippen LogP contribution in [0.2, 0.25) is 0 Å². The van der Waals surface area contributed by atoms with E-state index in [-0.39, 0.29) is 18.7 Å². The Morgan fingerprint density at radius 1 is 1.33 bits per heavy atom. The summed E-state index contributed by atoms with van der Waals surface area (Å²) in [5, 5.41) is 3.01. The molecule has 0 spiro atoms. The lowest BCUT2D eigenvalue weighted by Gasteiger charge is -2.17. The predicted molar refractivity (Wildman–Crippen MR) is 88.9 cm³/mol.